The molecule has 0 aromatic heterocycles. The van der Waals surface area contributed by atoms with E-state index in [1.807, 2.05) is 55.1 Å². The SMILES string of the molecule is CCN(CC)C(=O)c1ccc([C@@H](c2ccc(NC(=O)OC)cc2)N2CCNCC2)cc1. The van der Waals surface area contributed by atoms with Gasteiger partial charge in [-0.25, -0.2) is 4.79 Å². The van der Waals surface area contributed by atoms with Crippen molar-refractivity contribution < 1.29 is 14.3 Å². The zero-order valence-corrected chi connectivity index (χ0v) is 18.6. The monoisotopic (exact) mass is 424 g/mol. The molecular weight excluding hydrogens is 392 g/mol. The van der Waals surface area contributed by atoms with Gasteiger partial charge >= 0.3 is 6.09 Å². The van der Waals surface area contributed by atoms with Crippen LogP contribution in [0, 0.1) is 0 Å². The Morgan fingerprint density at radius 3 is 2.06 bits per heavy atom. The molecule has 1 saturated heterocycles. The maximum Gasteiger partial charge on any atom is 0.411 e. The standard InChI is InChI=1S/C24H32N4O3/c1-4-27(5-2)23(29)20-8-6-18(7-9-20)22(28-16-14-25-15-17-28)19-10-12-21(13-11-19)26-24(30)31-3/h6-13,22,25H,4-5,14-17H2,1-3H3,(H,26,30)/t22-/m0/s1. The van der Waals surface area contributed by atoms with Crippen molar-refractivity contribution in [3.63, 3.8) is 0 Å². The molecule has 0 unspecified atom stereocenters. The number of ether oxygens (including phenoxy) is 1. The van der Waals surface area contributed by atoms with Crippen LogP contribution < -0.4 is 10.6 Å². The summed E-state index contributed by atoms with van der Waals surface area (Å²) in [5.74, 6) is 0.0634. The van der Waals surface area contributed by atoms with Crippen LogP contribution in [-0.4, -0.2) is 68.2 Å². The van der Waals surface area contributed by atoms with Crippen LogP contribution in [0.3, 0.4) is 0 Å². The maximum absolute atomic E-state index is 12.7. The van der Waals surface area contributed by atoms with Gasteiger partial charge in [-0.05, 0) is 49.2 Å². The minimum atomic E-state index is -0.486. The van der Waals surface area contributed by atoms with E-state index < -0.39 is 6.09 Å². The van der Waals surface area contributed by atoms with E-state index in [1.54, 1.807) is 0 Å². The molecule has 166 valence electrons. The van der Waals surface area contributed by atoms with E-state index in [4.69, 9.17) is 0 Å². The second-order valence-corrected chi connectivity index (χ2v) is 7.53. The second-order valence-electron chi connectivity index (χ2n) is 7.53. The van der Waals surface area contributed by atoms with Crippen LogP contribution in [0.15, 0.2) is 48.5 Å². The third-order valence-corrected chi connectivity index (χ3v) is 5.70. The highest BCUT2D eigenvalue weighted by molar-refractivity contribution is 5.94. The number of nitrogens with one attached hydrogen (secondary N) is 2. The van der Waals surface area contributed by atoms with Gasteiger partial charge in [-0.1, -0.05) is 24.3 Å². The fourth-order valence-electron chi connectivity index (χ4n) is 3.97. The van der Waals surface area contributed by atoms with Crippen molar-refractivity contribution in [1.29, 1.82) is 0 Å². The van der Waals surface area contributed by atoms with E-state index in [2.05, 4.69) is 32.4 Å². The summed E-state index contributed by atoms with van der Waals surface area (Å²) in [5, 5.41) is 6.10. The molecule has 31 heavy (non-hydrogen) atoms. The number of piperazine rings is 1. The summed E-state index contributed by atoms with van der Waals surface area (Å²) in [7, 11) is 1.35. The third kappa shape index (κ3) is 5.62. The molecule has 7 nitrogen and oxygen atoms in total. The number of anilines is 1. The number of amides is 2. The Bertz CT molecular complexity index is 857. The van der Waals surface area contributed by atoms with Crippen molar-refractivity contribution in [2.24, 2.45) is 0 Å². The average Bonchev–Trinajstić information content (AvgIpc) is 2.82. The Hall–Kier alpha value is -2.90. The predicted octanol–water partition coefficient (Wildman–Crippen LogP) is 3.34. The normalized spacial score (nSPS) is 15.2. The van der Waals surface area contributed by atoms with Crippen LogP contribution in [0.2, 0.25) is 0 Å². The number of methoxy groups -OCH3 is 1. The number of benzene rings is 2. The van der Waals surface area contributed by atoms with Gasteiger partial charge in [-0.2, -0.15) is 0 Å². The molecule has 7 heteroatoms. The highest BCUT2D eigenvalue weighted by Crippen LogP contribution is 2.30. The van der Waals surface area contributed by atoms with Gasteiger partial charge in [0.15, 0.2) is 0 Å². The lowest BCUT2D eigenvalue weighted by Crippen LogP contribution is -2.45. The van der Waals surface area contributed by atoms with Gasteiger partial charge in [0.25, 0.3) is 5.91 Å². The van der Waals surface area contributed by atoms with Gasteiger partial charge in [0.1, 0.15) is 0 Å². The molecule has 1 atom stereocenters. The van der Waals surface area contributed by atoms with Crippen molar-refractivity contribution in [2.75, 3.05) is 51.7 Å². The predicted molar refractivity (Wildman–Crippen MR) is 122 cm³/mol. The molecule has 1 aliphatic heterocycles. The van der Waals surface area contributed by atoms with Crippen molar-refractivity contribution in [3.8, 4) is 0 Å². The molecule has 1 heterocycles. The number of carbonyl (C=O) groups is 2. The van der Waals surface area contributed by atoms with E-state index in [1.165, 1.54) is 7.11 Å². The van der Waals surface area contributed by atoms with Crippen LogP contribution in [0.25, 0.3) is 0 Å². The lowest BCUT2D eigenvalue weighted by molar-refractivity contribution is 0.0773. The summed E-state index contributed by atoms with van der Waals surface area (Å²) >= 11 is 0. The zero-order chi connectivity index (χ0) is 22.2. The number of carbonyl (C=O) groups excluding carboxylic acids is 2. The number of nitrogens with zero attached hydrogens (tertiary/aromatic N) is 2. The molecule has 1 aliphatic rings. The Balaban J connectivity index is 1.87. The molecule has 0 radical (unpaired) electrons. The number of rotatable bonds is 7. The second kappa shape index (κ2) is 10.9. The molecule has 2 N–H and O–H groups in total. The molecule has 2 aromatic rings. The van der Waals surface area contributed by atoms with Gasteiger partial charge in [0.05, 0.1) is 13.2 Å². The summed E-state index contributed by atoms with van der Waals surface area (Å²) < 4.78 is 4.66. The number of hydrogen-bond donors (Lipinski definition) is 2. The van der Waals surface area contributed by atoms with Gasteiger partial charge in [0, 0.05) is 50.5 Å². The lowest BCUT2D eigenvalue weighted by Gasteiger charge is -2.35. The fourth-order valence-corrected chi connectivity index (χ4v) is 3.97. The molecule has 0 bridgehead atoms. The zero-order valence-electron chi connectivity index (χ0n) is 18.6. The third-order valence-electron chi connectivity index (χ3n) is 5.70. The Kier molecular flexibility index (Phi) is 8.03. The van der Waals surface area contributed by atoms with Crippen LogP contribution in [0.1, 0.15) is 41.4 Å². The first-order valence-corrected chi connectivity index (χ1v) is 10.9. The van der Waals surface area contributed by atoms with E-state index in [-0.39, 0.29) is 11.9 Å². The number of hydrogen-bond acceptors (Lipinski definition) is 5. The first kappa shape index (κ1) is 22.8. The van der Waals surface area contributed by atoms with E-state index in [9.17, 15) is 9.59 Å². The molecule has 0 spiro atoms. The highest BCUT2D eigenvalue weighted by Gasteiger charge is 2.24. The van der Waals surface area contributed by atoms with Crippen LogP contribution in [0.4, 0.5) is 10.5 Å². The molecule has 2 amide bonds. The van der Waals surface area contributed by atoms with E-state index in [0.29, 0.717) is 24.3 Å². The van der Waals surface area contributed by atoms with Crippen molar-refractivity contribution in [1.82, 2.24) is 15.1 Å². The van der Waals surface area contributed by atoms with Gasteiger partial charge in [0.2, 0.25) is 0 Å². The maximum atomic E-state index is 12.7. The van der Waals surface area contributed by atoms with E-state index >= 15 is 0 Å². The molecule has 1 fully saturated rings. The largest absolute Gasteiger partial charge is 0.453 e. The molecular formula is C24H32N4O3. The average molecular weight is 425 g/mol. The summed E-state index contributed by atoms with van der Waals surface area (Å²) in [6.45, 7) is 9.15. The van der Waals surface area contributed by atoms with Gasteiger partial charge in [-0.3, -0.25) is 15.0 Å². The Morgan fingerprint density at radius 2 is 1.55 bits per heavy atom. The van der Waals surface area contributed by atoms with Gasteiger partial charge < -0.3 is 15.0 Å². The van der Waals surface area contributed by atoms with Gasteiger partial charge in [-0.15, -0.1) is 0 Å². The minimum absolute atomic E-state index is 0.0634. The lowest BCUT2D eigenvalue weighted by atomic mass is 9.95. The summed E-state index contributed by atoms with van der Waals surface area (Å²) in [5.41, 5.74) is 3.69. The van der Waals surface area contributed by atoms with Crippen molar-refractivity contribution in [3.05, 3.63) is 65.2 Å². The van der Waals surface area contributed by atoms with Crippen molar-refractivity contribution >= 4 is 17.7 Å². The fraction of sp³-hybridized carbons (Fsp3) is 0.417. The molecule has 0 saturated carbocycles. The summed E-state index contributed by atoms with van der Waals surface area (Å²) in [6.07, 6.45) is -0.486. The smallest absolute Gasteiger partial charge is 0.411 e. The molecule has 3 rings (SSSR count). The van der Waals surface area contributed by atoms with E-state index in [0.717, 1.165) is 37.3 Å². The van der Waals surface area contributed by atoms with Crippen LogP contribution in [-0.2, 0) is 4.74 Å². The topological polar surface area (TPSA) is 73.9 Å². The molecule has 0 aliphatic carbocycles. The minimum Gasteiger partial charge on any atom is -0.453 e. The summed E-state index contributed by atoms with van der Waals surface area (Å²) in [4.78, 5) is 28.4. The first-order valence-electron chi connectivity index (χ1n) is 10.9. The van der Waals surface area contributed by atoms with Crippen LogP contribution in [0.5, 0.6) is 0 Å². The van der Waals surface area contributed by atoms with Crippen LogP contribution >= 0.6 is 0 Å². The Morgan fingerprint density at radius 1 is 1.00 bits per heavy atom. The first-order chi connectivity index (χ1) is 15.1. The molecule has 2 aromatic carbocycles. The quantitative estimate of drug-likeness (QED) is 0.713. The van der Waals surface area contributed by atoms with Crippen molar-refractivity contribution in [2.45, 2.75) is 19.9 Å². The Labute approximate surface area is 184 Å². The highest BCUT2D eigenvalue weighted by atomic mass is 16.5. The summed E-state index contributed by atoms with van der Waals surface area (Å²) in [6, 6.07) is 15.9.